The summed E-state index contributed by atoms with van der Waals surface area (Å²) in [7, 11) is 0. The van der Waals surface area contributed by atoms with Crippen molar-refractivity contribution in [3.05, 3.63) is 56.6 Å². The molecule has 2 aromatic heterocycles. The lowest BCUT2D eigenvalue weighted by molar-refractivity contribution is -0.116. The summed E-state index contributed by atoms with van der Waals surface area (Å²) in [5.41, 5.74) is 7.96. The average molecular weight is 459 g/mol. The smallest absolute Gasteiger partial charge is 0.287 e. The van der Waals surface area contributed by atoms with Crippen LogP contribution in [0.5, 0.6) is 5.75 Å². The number of hydrogen-bond acceptors (Lipinski definition) is 7. The number of thiophene rings is 1. The second kappa shape index (κ2) is 9.03. The molecule has 0 atom stereocenters. The Bertz CT molecular complexity index is 1190. The Morgan fingerprint density at radius 2 is 2.10 bits per heavy atom. The van der Waals surface area contributed by atoms with Gasteiger partial charge in [0.05, 0.1) is 5.56 Å². The largest absolute Gasteiger partial charge is 0.484 e. The van der Waals surface area contributed by atoms with Crippen molar-refractivity contribution in [1.82, 2.24) is 9.78 Å². The lowest BCUT2D eigenvalue weighted by Gasteiger charge is -2.11. The molecule has 0 saturated carbocycles. The molecule has 4 rings (SSSR count). The van der Waals surface area contributed by atoms with Gasteiger partial charge in [0.2, 0.25) is 5.91 Å². The van der Waals surface area contributed by atoms with Crippen LogP contribution in [-0.2, 0) is 30.8 Å². The Kier molecular flexibility index (Phi) is 6.19. The normalized spacial score (nSPS) is 12.9. The number of primary amides is 1. The molecule has 8 nitrogen and oxygen atoms in total. The first-order valence-electron chi connectivity index (χ1n) is 9.92. The monoisotopic (exact) mass is 458 g/mol. The minimum Gasteiger partial charge on any atom is -0.484 e. The van der Waals surface area contributed by atoms with Crippen LogP contribution in [0.4, 0.5) is 5.00 Å². The van der Waals surface area contributed by atoms with Crippen LogP contribution in [0.15, 0.2) is 28.7 Å². The number of hydrogen-bond donors (Lipinski definition) is 2. The number of aryl methyl sites for hydroxylation is 2. The molecule has 3 aromatic rings. The van der Waals surface area contributed by atoms with Gasteiger partial charge in [0.15, 0.2) is 6.61 Å². The van der Waals surface area contributed by atoms with E-state index in [0.717, 1.165) is 47.4 Å². The number of benzene rings is 1. The summed E-state index contributed by atoms with van der Waals surface area (Å²) >= 11 is 6.59. The van der Waals surface area contributed by atoms with Crippen LogP contribution >= 0.6 is 23.6 Å². The van der Waals surface area contributed by atoms with E-state index in [9.17, 15) is 9.59 Å². The number of anilines is 1. The van der Waals surface area contributed by atoms with Crippen LogP contribution in [-0.4, -0.2) is 21.6 Å². The molecule has 162 valence electrons. The predicted molar refractivity (Wildman–Crippen MR) is 119 cm³/mol. The van der Waals surface area contributed by atoms with Crippen LogP contribution < -0.4 is 15.8 Å². The molecule has 0 radical (unpaired) electrons. The fourth-order valence-electron chi connectivity index (χ4n) is 3.58. The van der Waals surface area contributed by atoms with Crippen molar-refractivity contribution in [1.29, 1.82) is 0 Å². The molecular weight excluding hydrogens is 436 g/mol. The van der Waals surface area contributed by atoms with E-state index in [1.165, 1.54) is 16.0 Å². The molecule has 0 unspecified atom stereocenters. The van der Waals surface area contributed by atoms with Gasteiger partial charge in [-0.25, -0.2) is 4.68 Å². The molecule has 1 aliphatic rings. The fourth-order valence-corrected chi connectivity index (χ4v) is 5.09. The van der Waals surface area contributed by atoms with Gasteiger partial charge in [-0.2, -0.15) is 0 Å². The van der Waals surface area contributed by atoms with Crippen molar-refractivity contribution in [3.8, 4) is 5.75 Å². The van der Waals surface area contributed by atoms with E-state index in [0.29, 0.717) is 10.6 Å². The number of ether oxygens (including phenoxy) is 1. The first-order chi connectivity index (χ1) is 14.9. The van der Waals surface area contributed by atoms with Crippen molar-refractivity contribution in [2.75, 3.05) is 5.32 Å². The van der Waals surface area contributed by atoms with Crippen LogP contribution in [0.1, 0.15) is 45.1 Å². The highest BCUT2D eigenvalue weighted by Crippen LogP contribution is 2.37. The van der Waals surface area contributed by atoms with E-state index in [4.69, 9.17) is 27.1 Å². The van der Waals surface area contributed by atoms with E-state index < -0.39 is 5.91 Å². The summed E-state index contributed by atoms with van der Waals surface area (Å²) < 4.78 is 12.5. The summed E-state index contributed by atoms with van der Waals surface area (Å²) in [5.74, 6) is 0.0993. The Labute approximate surface area is 188 Å². The van der Waals surface area contributed by atoms with Crippen LogP contribution in [0.3, 0.4) is 0 Å². The summed E-state index contributed by atoms with van der Waals surface area (Å²) in [5, 5.41) is 7.52. The molecule has 0 aliphatic heterocycles. The molecule has 1 aliphatic carbocycles. The Morgan fingerprint density at radius 3 is 2.87 bits per heavy atom. The van der Waals surface area contributed by atoms with E-state index in [1.54, 1.807) is 0 Å². The number of carbonyl (C=O) groups excluding carboxylic acids is 2. The quantitative estimate of drug-likeness (QED) is 0.521. The Balaban J connectivity index is 1.44. The first kappa shape index (κ1) is 21.3. The second-order valence-electron chi connectivity index (χ2n) is 7.30. The molecule has 0 fully saturated rings. The third kappa shape index (κ3) is 4.70. The topological polar surface area (TPSA) is 112 Å². The van der Waals surface area contributed by atoms with Gasteiger partial charge in [-0.3, -0.25) is 9.59 Å². The standard InChI is InChI=1S/C21H22N4O4S2/c1-12-6-2-4-8-14(12)28-11-17-24-25(21(30)29-17)10-16(26)23-20-18(19(22)27)13-7-3-5-9-15(13)31-20/h2,4,6,8H,3,5,7,9-11H2,1H3,(H2,22,27)(H,23,26). The van der Waals surface area contributed by atoms with Gasteiger partial charge in [0.25, 0.3) is 16.6 Å². The fraction of sp³-hybridized carbons (Fsp3) is 0.333. The SMILES string of the molecule is Cc1ccccc1OCc1nn(CC(=O)Nc2sc3c(c2C(N)=O)CCCC3)c(=S)o1. The number of nitrogens with two attached hydrogens (primary N) is 1. The van der Waals surface area contributed by atoms with Gasteiger partial charge < -0.3 is 20.2 Å². The van der Waals surface area contributed by atoms with E-state index >= 15 is 0 Å². The number of rotatable bonds is 7. The Hall–Kier alpha value is -2.98. The summed E-state index contributed by atoms with van der Waals surface area (Å²) in [4.78, 5) is 25.8. The molecule has 1 aromatic carbocycles. The molecule has 0 bridgehead atoms. The number of fused-ring (bicyclic) bond motifs is 1. The molecule has 31 heavy (non-hydrogen) atoms. The van der Waals surface area contributed by atoms with Gasteiger partial charge in [0.1, 0.15) is 17.3 Å². The minimum absolute atomic E-state index is 0.0686. The number of nitrogens with one attached hydrogen (secondary N) is 1. The van der Waals surface area contributed by atoms with Gasteiger partial charge >= 0.3 is 0 Å². The average Bonchev–Trinajstić information content (AvgIpc) is 3.26. The van der Waals surface area contributed by atoms with Crippen LogP contribution in [0.2, 0.25) is 0 Å². The zero-order chi connectivity index (χ0) is 22.0. The molecule has 0 spiro atoms. The lowest BCUT2D eigenvalue weighted by Crippen LogP contribution is -2.22. The zero-order valence-electron chi connectivity index (χ0n) is 17.0. The lowest BCUT2D eigenvalue weighted by atomic mass is 9.95. The molecular formula is C21H22N4O4S2. The molecule has 0 saturated heterocycles. The minimum atomic E-state index is -0.525. The number of carbonyl (C=O) groups is 2. The van der Waals surface area contributed by atoms with Crippen molar-refractivity contribution < 1.29 is 18.7 Å². The Morgan fingerprint density at radius 1 is 1.32 bits per heavy atom. The van der Waals surface area contributed by atoms with Crippen molar-refractivity contribution in [2.45, 2.75) is 45.8 Å². The van der Waals surface area contributed by atoms with Crippen molar-refractivity contribution in [3.63, 3.8) is 0 Å². The zero-order valence-corrected chi connectivity index (χ0v) is 18.6. The maximum absolute atomic E-state index is 12.6. The number of amides is 2. The molecule has 3 N–H and O–H groups in total. The highest BCUT2D eigenvalue weighted by atomic mass is 32.1. The van der Waals surface area contributed by atoms with Crippen molar-refractivity contribution in [2.24, 2.45) is 5.73 Å². The molecule has 2 heterocycles. The number of para-hydroxylation sites is 1. The first-order valence-corrected chi connectivity index (χ1v) is 11.1. The predicted octanol–water partition coefficient (Wildman–Crippen LogP) is 3.77. The van der Waals surface area contributed by atoms with E-state index in [-0.39, 0.29) is 29.8 Å². The van der Waals surface area contributed by atoms with Gasteiger partial charge in [-0.15, -0.1) is 16.4 Å². The third-order valence-corrected chi connectivity index (χ3v) is 6.56. The van der Waals surface area contributed by atoms with E-state index in [1.807, 2.05) is 31.2 Å². The van der Waals surface area contributed by atoms with Gasteiger partial charge in [-0.05, 0) is 62.0 Å². The van der Waals surface area contributed by atoms with Gasteiger partial charge in [0, 0.05) is 4.88 Å². The van der Waals surface area contributed by atoms with Crippen LogP contribution in [0, 0.1) is 11.8 Å². The summed E-state index contributed by atoms with van der Waals surface area (Å²) in [6, 6.07) is 7.60. The van der Waals surface area contributed by atoms with Crippen LogP contribution in [0.25, 0.3) is 0 Å². The highest BCUT2D eigenvalue weighted by molar-refractivity contribution is 7.71. The van der Waals surface area contributed by atoms with E-state index in [2.05, 4.69) is 10.4 Å². The summed E-state index contributed by atoms with van der Waals surface area (Å²) in [6.07, 6.45) is 3.78. The molecule has 2 amide bonds. The molecule has 10 heteroatoms. The maximum atomic E-state index is 12.6. The maximum Gasteiger partial charge on any atom is 0.287 e. The highest BCUT2D eigenvalue weighted by Gasteiger charge is 2.25. The number of nitrogens with zero attached hydrogens (tertiary/aromatic N) is 2. The van der Waals surface area contributed by atoms with Gasteiger partial charge in [-0.1, -0.05) is 18.2 Å². The summed E-state index contributed by atoms with van der Waals surface area (Å²) in [6.45, 7) is 1.89. The van der Waals surface area contributed by atoms with Crippen molar-refractivity contribution >= 4 is 40.4 Å². The second-order valence-corrected chi connectivity index (χ2v) is 8.76. The number of aromatic nitrogens is 2. The third-order valence-electron chi connectivity index (χ3n) is 5.06.